The van der Waals surface area contributed by atoms with Gasteiger partial charge in [0, 0.05) is 51.4 Å². The number of hydrogen-bond acceptors (Lipinski definition) is 3. The monoisotopic (exact) mass is 799 g/mol. The van der Waals surface area contributed by atoms with Gasteiger partial charge in [-0.05, 0) is 138 Å². The highest BCUT2D eigenvalue weighted by atomic mass is 32.1. The molecule has 3 heterocycles. The highest BCUT2D eigenvalue weighted by Crippen LogP contribution is 2.54. The van der Waals surface area contributed by atoms with Crippen molar-refractivity contribution < 1.29 is 0 Å². The van der Waals surface area contributed by atoms with Crippen LogP contribution in [0.5, 0.6) is 0 Å². The topological polar surface area (TPSA) is 3.24 Å². The van der Waals surface area contributed by atoms with E-state index < -0.39 is 0 Å². The van der Waals surface area contributed by atoms with Crippen LogP contribution in [0.4, 0.5) is 17.1 Å². The van der Waals surface area contributed by atoms with E-state index in [0.29, 0.717) is 0 Å². The van der Waals surface area contributed by atoms with Gasteiger partial charge in [-0.2, -0.15) is 0 Å². The molecule has 0 atom stereocenters. The molecule has 0 N–H and O–H groups in total. The van der Waals surface area contributed by atoms with Gasteiger partial charge in [-0.3, -0.25) is 0 Å². The number of rotatable bonds is 3. The Labute approximate surface area is 356 Å². The normalized spacial score (nSPS) is 13.6. The number of anilines is 3. The van der Waals surface area contributed by atoms with E-state index in [9.17, 15) is 0 Å². The summed E-state index contributed by atoms with van der Waals surface area (Å²) in [7, 11) is 0. The van der Waals surface area contributed by atoms with Crippen LogP contribution >= 0.6 is 22.7 Å². The van der Waals surface area contributed by atoms with Gasteiger partial charge in [-0.25, -0.2) is 0 Å². The van der Waals surface area contributed by atoms with Gasteiger partial charge < -0.3 is 4.90 Å². The Morgan fingerprint density at radius 2 is 0.700 bits per heavy atom. The van der Waals surface area contributed by atoms with Crippen molar-refractivity contribution in [1.29, 1.82) is 0 Å². The summed E-state index contributed by atoms with van der Waals surface area (Å²) in [6.45, 7) is 4.83. The van der Waals surface area contributed by atoms with Crippen molar-refractivity contribution in [3.05, 3.63) is 199 Å². The van der Waals surface area contributed by atoms with E-state index in [2.05, 4.69) is 207 Å². The summed E-state index contributed by atoms with van der Waals surface area (Å²) in [5, 5.41) is 13.0. The van der Waals surface area contributed by atoms with Crippen LogP contribution in [0.3, 0.4) is 0 Å². The Hall–Kier alpha value is -6.78. The molecule has 2 aromatic heterocycles. The van der Waals surface area contributed by atoms with E-state index in [4.69, 9.17) is 0 Å². The van der Waals surface area contributed by atoms with Gasteiger partial charge in [0.25, 0.3) is 0 Å². The first-order valence-electron chi connectivity index (χ1n) is 20.7. The highest BCUT2D eigenvalue weighted by molar-refractivity contribution is 7.26. The van der Waals surface area contributed by atoms with Gasteiger partial charge in [0.15, 0.2) is 0 Å². The van der Waals surface area contributed by atoms with Crippen LogP contribution in [0.25, 0.3) is 94.9 Å². The van der Waals surface area contributed by atoms with E-state index in [1.54, 1.807) is 0 Å². The smallest absolute Gasteiger partial charge is 0.0503 e. The zero-order valence-electron chi connectivity index (χ0n) is 33.2. The predicted octanol–water partition coefficient (Wildman–Crippen LogP) is 17.3. The summed E-state index contributed by atoms with van der Waals surface area (Å²) >= 11 is 3.75. The van der Waals surface area contributed by atoms with Crippen molar-refractivity contribution in [3.8, 4) is 22.3 Å². The third-order valence-corrected chi connectivity index (χ3v) is 15.5. The molecule has 10 aromatic carbocycles. The van der Waals surface area contributed by atoms with Gasteiger partial charge in [0.1, 0.15) is 0 Å². The average Bonchev–Trinajstić information content (AvgIpc) is 3.87. The third kappa shape index (κ3) is 4.91. The van der Waals surface area contributed by atoms with Gasteiger partial charge in [-0.1, -0.05) is 129 Å². The van der Waals surface area contributed by atoms with Crippen molar-refractivity contribution in [2.75, 3.05) is 4.90 Å². The molecular formula is C57H37NS2. The highest BCUT2D eigenvalue weighted by Gasteiger charge is 2.38. The fourth-order valence-electron chi connectivity index (χ4n) is 10.2. The molecule has 3 heteroatoms. The van der Waals surface area contributed by atoms with E-state index in [-0.39, 0.29) is 5.41 Å². The third-order valence-electron chi connectivity index (χ3n) is 13.2. The molecule has 0 saturated heterocycles. The zero-order valence-corrected chi connectivity index (χ0v) is 34.8. The minimum absolute atomic E-state index is 0.286. The second-order valence-corrected chi connectivity index (χ2v) is 19.0. The molecule has 13 rings (SSSR count). The fraction of sp³-hybridized carbons (Fsp3) is 0.0526. The summed E-state index contributed by atoms with van der Waals surface area (Å²) in [4.78, 5) is 2.53. The second-order valence-electron chi connectivity index (χ2n) is 16.9. The molecule has 0 aliphatic carbocycles. The van der Waals surface area contributed by atoms with Crippen molar-refractivity contribution in [2.24, 2.45) is 0 Å². The van der Waals surface area contributed by atoms with Crippen molar-refractivity contribution in [2.45, 2.75) is 19.3 Å². The average molecular weight is 800 g/mol. The molecule has 0 bridgehead atoms. The lowest BCUT2D eigenvalue weighted by Crippen LogP contribution is -2.30. The number of benzene rings is 10. The molecular weight excluding hydrogens is 763 g/mol. The van der Waals surface area contributed by atoms with Crippen molar-refractivity contribution in [3.63, 3.8) is 0 Å². The second kappa shape index (κ2) is 12.6. The Kier molecular flexibility index (Phi) is 7.17. The molecule has 282 valence electrons. The lowest BCUT2D eigenvalue weighted by Gasteiger charge is -2.42. The van der Waals surface area contributed by atoms with Gasteiger partial charge in [0.05, 0.1) is 11.4 Å². The standard InChI is InChI=1S/C57H37NS2/c1-57(2)49-31-36(34-21-27-55-47(29-34)44-15-7-9-17-53(44)59-55)19-25-51(49)58(38-23-24-43-41-13-4-3-11-39(41)40-12-5-6-14-42(40)46(43)33-38)52-26-20-37(32-50(52)57)35-22-28-56-48(30-35)45-16-8-10-18-54(45)60-56/h3-33H,1-2H3. The Morgan fingerprint density at radius 1 is 0.317 bits per heavy atom. The number of fused-ring (bicyclic) bond motifs is 14. The minimum atomic E-state index is -0.286. The fourth-order valence-corrected chi connectivity index (χ4v) is 12.4. The molecule has 1 aliphatic rings. The number of hydrogen-bond donors (Lipinski definition) is 0. The Morgan fingerprint density at radius 3 is 1.20 bits per heavy atom. The van der Waals surface area contributed by atoms with Crippen molar-refractivity contribution in [1.82, 2.24) is 0 Å². The maximum Gasteiger partial charge on any atom is 0.0503 e. The first kappa shape index (κ1) is 34.1. The molecule has 1 nitrogen and oxygen atoms in total. The molecule has 0 saturated carbocycles. The molecule has 12 aromatic rings. The number of nitrogens with zero attached hydrogens (tertiary/aromatic N) is 1. The first-order chi connectivity index (χ1) is 29.5. The molecule has 0 amide bonds. The molecule has 1 aliphatic heterocycles. The molecule has 0 spiro atoms. The van der Waals surface area contributed by atoms with Gasteiger partial charge >= 0.3 is 0 Å². The quantitative estimate of drug-likeness (QED) is 0.161. The van der Waals surface area contributed by atoms with E-state index >= 15 is 0 Å². The molecule has 60 heavy (non-hydrogen) atoms. The van der Waals surface area contributed by atoms with Gasteiger partial charge in [0.2, 0.25) is 0 Å². The SMILES string of the molecule is CC1(C)c2cc(-c3ccc4sc5ccccc5c4c3)ccc2N(c2ccc3c4ccccc4c4ccccc4c3c2)c2ccc(-c3ccc4sc5ccccc5c4c3)cc21. The number of thiophene rings is 2. The summed E-state index contributed by atoms with van der Waals surface area (Å²) in [6.07, 6.45) is 0. The van der Waals surface area contributed by atoms with Crippen LogP contribution in [-0.2, 0) is 5.41 Å². The van der Waals surface area contributed by atoms with Crippen LogP contribution < -0.4 is 4.90 Å². The first-order valence-corrected chi connectivity index (χ1v) is 22.4. The summed E-state index contributed by atoms with van der Waals surface area (Å²) in [6, 6.07) is 70.8. The largest absolute Gasteiger partial charge is 0.310 e. The predicted molar refractivity (Wildman–Crippen MR) is 262 cm³/mol. The summed E-state index contributed by atoms with van der Waals surface area (Å²) in [5.74, 6) is 0. The molecule has 0 unspecified atom stereocenters. The maximum atomic E-state index is 2.53. The van der Waals surface area contributed by atoms with Crippen LogP contribution in [0.15, 0.2) is 188 Å². The molecule has 0 radical (unpaired) electrons. The van der Waals surface area contributed by atoms with E-state index in [0.717, 1.165) is 0 Å². The molecule has 0 fully saturated rings. The van der Waals surface area contributed by atoms with E-state index in [1.807, 2.05) is 22.7 Å². The lowest BCUT2D eigenvalue weighted by molar-refractivity contribution is 0.632. The minimum Gasteiger partial charge on any atom is -0.310 e. The zero-order chi connectivity index (χ0) is 39.7. The van der Waals surface area contributed by atoms with Crippen molar-refractivity contribution >= 4 is 112 Å². The van der Waals surface area contributed by atoms with Crippen LogP contribution in [-0.4, -0.2) is 0 Å². The van der Waals surface area contributed by atoms with Crippen LogP contribution in [0, 0.1) is 0 Å². The maximum absolute atomic E-state index is 2.53. The Bertz CT molecular complexity index is 3570. The summed E-state index contributed by atoms with van der Waals surface area (Å²) in [5.41, 5.74) is 10.9. The summed E-state index contributed by atoms with van der Waals surface area (Å²) < 4.78 is 5.33. The van der Waals surface area contributed by atoms with Crippen LogP contribution in [0.1, 0.15) is 25.0 Å². The van der Waals surface area contributed by atoms with E-state index in [1.165, 1.54) is 123 Å². The Balaban J connectivity index is 1.04. The van der Waals surface area contributed by atoms with Gasteiger partial charge in [-0.15, -0.1) is 22.7 Å². The lowest BCUT2D eigenvalue weighted by atomic mass is 9.72. The van der Waals surface area contributed by atoms with Crippen LogP contribution in [0.2, 0.25) is 0 Å².